The van der Waals surface area contributed by atoms with E-state index in [1.165, 1.54) is 26.2 Å². The Bertz CT molecular complexity index is 936. The number of rotatable bonds is 7. The zero-order valence-electron chi connectivity index (χ0n) is 15.2. The lowest BCUT2D eigenvalue weighted by Crippen LogP contribution is -2.29. The number of hydrogen-bond donors (Lipinski definition) is 1. The topological polar surface area (TPSA) is 121 Å². The molecule has 1 aromatic heterocycles. The molecule has 2 rings (SSSR count). The Morgan fingerprint density at radius 2 is 2.07 bits per heavy atom. The minimum atomic E-state index is -1.11. The van der Waals surface area contributed by atoms with Crippen LogP contribution in [-0.4, -0.2) is 30.0 Å². The summed E-state index contributed by atoms with van der Waals surface area (Å²) in [6.07, 6.45) is 1.09. The van der Waals surface area contributed by atoms with E-state index in [1.54, 1.807) is 19.1 Å². The summed E-state index contributed by atoms with van der Waals surface area (Å²) in [6.45, 7) is 3.17. The van der Waals surface area contributed by atoms with E-state index < -0.39 is 28.8 Å². The fraction of sp³-hybridized carbons (Fsp3) is 0.222. The molecule has 1 N–H and O–H groups in total. The van der Waals surface area contributed by atoms with Crippen molar-refractivity contribution in [2.24, 2.45) is 0 Å². The molecular formula is C18H17ClN2O7. The van der Waals surface area contributed by atoms with Gasteiger partial charge in [0.25, 0.3) is 5.91 Å². The van der Waals surface area contributed by atoms with Crippen molar-refractivity contribution in [3.05, 3.63) is 56.8 Å². The molecule has 0 bridgehead atoms. The van der Waals surface area contributed by atoms with Gasteiger partial charge in [0.15, 0.2) is 6.10 Å². The number of furan rings is 1. The summed E-state index contributed by atoms with van der Waals surface area (Å²) >= 11 is 6.02. The van der Waals surface area contributed by atoms with Gasteiger partial charge >= 0.3 is 11.9 Å². The highest BCUT2D eigenvalue weighted by molar-refractivity contribution is 6.31. The van der Waals surface area contributed by atoms with E-state index in [0.29, 0.717) is 16.5 Å². The first-order valence-electron chi connectivity index (χ1n) is 7.99. The molecule has 1 atom stereocenters. The predicted octanol–water partition coefficient (Wildman–Crippen LogP) is 3.74. The minimum absolute atomic E-state index is 0.0992. The van der Waals surface area contributed by atoms with E-state index in [9.17, 15) is 19.7 Å². The summed E-state index contributed by atoms with van der Waals surface area (Å²) in [5.41, 5.74) is 1.12. The van der Waals surface area contributed by atoms with Gasteiger partial charge in [-0.15, -0.1) is 0 Å². The molecule has 0 radical (unpaired) electrons. The van der Waals surface area contributed by atoms with Gasteiger partial charge in [0.2, 0.25) is 0 Å². The van der Waals surface area contributed by atoms with Crippen molar-refractivity contribution in [1.29, 1.82) is 0 Å². The minimum Gasteiger partial charge on any atom is -0.495 e. The number of ether oxygens (including phenoxy) is 2. The van der Waals surface area contributed by atoms with Crippen LogP contribution in [0.15, 0.2) is 34.8 Å². The van der Waals surface area contributed by atoms with Gasteiger partial charge in [-0.3, -0.25) is 14.9 Å². The number of hydrogen-bond acceptors (Lipinski definition) is 7. The van der Waals surface area contributed by atoms with Crippen LogP contribution in [0.5, 0.6) is 5.75 Å². The van der Waals surface area contributed by atoms with Crippen LogP contribution >= 0.6 is 11.6 Å². The molecule has 148 valence electrons. The number of carbonyl (C=O) groups is 2. The lowest BCUT2D eigenvalue weighted by atomic mass is 10.2. The third-order valence-electron chi connectivity index (χ3n) is 3.58. The van der Waals surface area contributed by atoms with Crippen molar-refractivity contribution in [2.75, 3.05) is 12.4 Å². The van der Waals surface area contributed by atoms with E-state index in [2.05, 4.69) is 5.32 Å². The monoisotopic (exact) mass is 408 g/mol. The van der Waals surface area contributed by atoms with Gasteiger partial charge in [0.05, 0.1) is 18.9 Å². The van der Waals surface area contributed by atoms with Crippen molar-refractivity contribution in [1.82, 2.24) is 0 Å². The summed E-state index contributed by atoms with van der Waals surface area (Å²) in [5, 5.41) is 13.6. The van der Waals surface area contributed by atoms with E-state index in [0.717, 1.165) is 17.7 Å². The van der Waals surface area contributed by atoms with Gasteiger partial charge in [-0.05, 0) is 37.6 Å². The average Bonchev–Trinajstić information content (AvgIpc) is 3.12. The van der Waals surface area contributed by atoms with Crippen LogP contribution in [0.4, 0.5) is 11.6 Å². The van der Waals surface area contributed by atoms with Crippen LogP contribution < -0.4 is 10.1 Å². The predicted molar refractivity (Wildman–Crippen MR) is 101 cm³/mol. The molecule has 0 aliphatic heterocycles. The van der Waals surface area contributed by atoms with Gasteiger partial charge in [0, 0.05) is 17.2 Å². The van der Waals surface area contributed by atoms with Crippen LogP contribution in [0.25, 0.3) is 6.08 Å². The normalized spacial score (nSPS) is 11.9. The van der Waals surface area contributed by atoms with Gasteiger partial charge in [0.1, 0.15) is 16.4 Å². The zero-order chi connectivity index (χ0) is 20.8. The molecule has 0 aliphatic rings. The van der Waals surface area contributed by atoms with Gasteiger partial charge in [-0.25, -0.2) is 4.79 Å². The molecule has 1 amide bonds. The Labute approximate surface area is 165 Å². The SMILES string of the molecule is COc1cc(Cl)c(C)cc1NC(=O)[C@H](C)OC(=O)/C=C/c1ccc([N+](=O)[O-])o1. The van der Waals surface area contributed by atoms with Gasteiger partial charge in [-0.1, -0.05) is 11.6 Å². The highest BCUT2D eigenvalue weighted by Gasteiger charge is 2.19. The number of carbonyl (C=O) groups excluding carboxylic acids is 2. The maximum Gasteiger partial charge on any atom is 0.433 e. The van der Waals surface area contributed by atoms with E-state index >= 15 is 0 Å². The zero-order valence-corrected chi connectivity index (χ0v) is 16.0. The Hall–Kier alpha value is -3.33. The van der Waals surface area contributed by atoms with Crippen LogP contribution in [0.3, 0.4) is 0 Å². The summed E-state index contributed by atoms with van der Waals surface area (Å²) < 4.78 is 15.1. The molecular weight excluding hydrogens is 392 g/mol. The summed E-state index contributed by atoms with van der Waals surface area (Å²) in [6, 6.07) is 5.68. The first kappa shape index (κ1) is 21.0. The Kier molecular flexibility index (Phi) is 6.78. The smallest absolute Gasteiger partial charge is 0.433 e. The van der Waals surface area contributed by atoms with Gasteiger partial charge in [-0.2, -0.15) is 0 Å². The van der Waals surface area contributed by atoms with Crippen molar-refractivity contribution >= 4 is 41.1 Å². The van der Waals surface area contributed by atoms with Crippen LogP contribution in [-0.2, 0) is 14.3 Å². The summed E-state index contributed by atoms with van der Waals surface area (Å²) in [7, 11) is 1.43. The quantitative estimate of drug-likeness (QED) is 0.320. The second-order valence-electron chi connectivity index (χ2n) is 5.64. The van der Waals surface area contributed by atoms with Crippen molar-refractivity contribution in [2.45, 2.75) is 20.0 Å². The third-order valence-corrected chi connectivity index (χ3v) is 3.98. The van der Waals surface area contributed by atoms with Gasteiger partial charge < -0.3 is 19.2 Å². The highest BCUT2D eigenvalue weighted by Crippen LogP contribution is 2.31. The largest absolute Gasteiger partial charge is 0.495 e. The molecule has 1 heterocycles. The third kappa shape index (κ3) is 5.34. The maximum atomic E-state index is 12.3. The van der Waals surface area contributed by atoms with Crippen LogP contribution in [0.2, 0.25) is 5.02 Å². The second-order valence-corrected chi connectivity index (χ2v) is 6.04. The Morgan fingerprint density at radius 1 is 1.36 bits per heavy atom. The maximum absolute atomic E-state index is 12.3. The lowest BCUT2D eigenvalue weighted by Gasteiger charge is -2.15. The van der Waals surface area contributed by atoms with E-state index in [-0.39, 0.29) is 5.76 Å². The molecule has 0 spiro atoms. The standard InChI is InChI=1S/C18H17ClN2O7/c1-10-8-14(15(26-3)9-13(10)19)20-18(23)11(2)27-17(22)7-5-12-4-6-16(28-12)21(24)25/h4-9,11H,1-3H3,(H,20,23)/b7-5+/t11-/m0/s1. The Balaban J connectivity index is 1.98. The molecule has 10 heteroatoms. The van der Waals surface area contributed by atoms with Crippen molar-refractivity contribution in [3.63, 3.8) is 0 Å². The summed E-state index contributed by atoms with van der Waals surface area (Å²) in [5.74, 6) is -1.38. The lowest BCUT2D eigenvalue weighted by molar-refractivity contribution is -0.402. The van der Waals surface area contributed by atoms with Crippen LogP contribution in [0, 0.1) is 17.0 Å². The molecule has 0 aliphatic carbocycles. The van der Waals surface area contributed by atoms with Crippen molar-refractivity contribution in [3.8, 4) is 5.75 Å². The number of nitrogens with one attached hydrogen (secondary N) is 1. The number of esters is 1. The second kappa shape index (κ2) is 9.05. The fourth-order valence-corrected chi connectivity index (χ4v) is 2.26. The molecule has 2 aromatic rings. The number of nitrogens with zero attached hydrogens (tertiary/aromatic N) is 1. The number of halogens is 1. The molecule has 1 aromatic carbocycles. The first-order valence-corrected chi connectivity index (χ1v) is 8.37. The average molecular weight is 409 g/mol. The van der Waals surface area contributed by atoms with Crippen LogP contribution in [0.1, 0.15) is 18.2 Å². The molecule has 0 saturated carbocycles. The van der Waals surface area contributed by atoms with Crippen molar-refractivity contribution < 1.29 is 28.4 Å². The number of nitro groups is 1. The molecule has 0 saturated heterocycles. The molecule has 9 nitrogen and oxygen atoms in total. The first-order chi connectivity index (χ1) is 13.2. The number of amides is 1. The van der Waals surface area contributed by atoms with E-state index in [1.807, 2.05) is 0 Å². The molecule has 0 unspecified atom stereocenters. The molecule has 28 heavy (non-hydrogen) atoms. The summed E-state index contributed by atoms with van der Waals surface area (Å²) in [4.78, 5) is 34.0. The number of benzene rings is 1. The molecule has 0 fully saturated rings. The number of anilines is 1. The van der Waals surface area contributed by atoms with E-state index in [4.69, 9.17) is 25.5 Å². The fourth-order valence-electron chi connectivity index (χ4n) is 2.11. The number of aryl methyl sites for hydroxylation is 1. The Morgan fingerprint density at radius 3 is 2.68 bits per heavy atom. The highest BCUT2D eigenvalue weighted by atomic mass is 35.5. The number of methoxy groups -OCH3 is 1.